The highest BCUT2D eigenvalue weighted by molar-refractivity contribution is 5.58. The molecular formula is C15H18F3N3. The molecule has 1 aromatic heterocycles. The Balaban J connectivity index is 2.11. The van der Waals surface area contributed by atoms with Crippen LogP contribution in [0.25, 0.3) is 11.3 Å². The van der Waals surface area contributed by atoms with E-state index in [1.54, 1.807) is 6.20 Å². The third-order valence-electron chi connectivity index (χ3n) is 2.94. The van der Waals surface area contributed by atoms with Crippen molar-refractivity contribution in [2.75, 3.05) is 0 Å². The van der Waals surface area contributed by atoms with E-state index in [-0.39, 0.29) is 5.54 Å². The smallest absolute Gasteiger partial charge is 0.341 e. The molecule has 0 bridgehead atoms. The first kappa shape index (κ1) is 15.6. The Labute approximate surface area is 121 Å². The van der Waals surface area contributed by atoms with Crippen LogP contribution in [-0.2, 0) is 12.7 Å². The van der Waals surface area contributed by atoms with Crippen LogP contribution in [0.4, 0.5) is 13.2 Å². The highest BCUT2D eigenvalue weighted by atomic mass is 19.4. The maximum atomic E-state index is 12.5. The Morgan fingerprint density at radius 3 is 2.24 bits per heavy atom. The number of aromatic nitrogens is 2. The van der Waals surface area contributed by atoms with Crippen LogP contribution in [0.15, 0.2) is 30.5 Å². The van der Waals surface area contributed by atoms with Gasteiger partial charge < -0.3 is 10.3 Å². The third-order valence-corrected chi connectivity index (χ3v) is 2.94. The van der Waals surface area contributed by atoms with Gasteiger partial charge in [0.2, 0.25) is 0 Å². The van der Waals surface area contributed by atoms with Gasteiger partial charge in [0.05, 0.1) is 24.0 Å². The lowest BCUT2D eigenvalue weighted by molar-refractivity contribution is -0.137. The first-order valence-corrected chi connectivity index (χ1v) is 6.62. The number of rotatable bonds is 3. The van der Waals surface area contributed by atoms with Crippen molar-refractivity contribution < 1.29 is 13.2 Å². The number of nitrogens with one attached hydrogen (secondary N) is 2. The molecule has 0 aliphatic rings. The quantitative estimate of drug-likeness (QED) is 0.899. The molecule has 3 nitrogen and oxygen atoms in total. The highest BCUT2D eigenvalue weighted by Gasteiger charge is 2.30. The second-order valence-corrected chi connectivity index (χ2v) is 5.92. The van der Waals surface area contributed by atoms with Gasteiger partial charge in [0.15, 0.2) is 0 Å². The van der Waals surface area contributed by atoms with Crippen LogP contribution in [-0.4, -0.2) is 15.5 Å². The summed E-state index contributed by atoms with van der Waals surface area (Å²) in [4.78, 5) is 7.33. The Morgan fingerprint density at radius 2 is 1.71 bits per heavy atom. The van der Waals surface area contributed by atoms with Gasteiger partial charge in [-0.15, -0.1) is 0 Å². The van der Waals surface area contributed by atoms with Crippen molar-refractivity contribution in [2.24, 2.45) is 0 Å². The lowest BCUT2D eigenvalue weighted by atomic mass is 10.1. The minimum Gasteiger partial charge on any atom is -0.341 e. The van der Waals surface area contributed by atoms with Gasteiger partial charge >= 0.3 is 6.18 Å². The van der Waals surface area contributed by atoms with Gasteiger partial charge in [0.25, 0.3) is 0 Å². The molecule has 0 radical (unpaired) electrons. The van der Waals surface area contributed by atoms with Gasteiger partial charge in [-0.25, -0.2) is 4.98 Å². The van der Waals surface area contributed by atoms with E-state index in [0.717, 1.165) is 18.0 Å². The van der Waals surface area contributed by atoms with E-state index in [2.05, 4.69) is 15.3 Å². The van der Waals surface area contributed by atoms with Crippen LogP contribution >= 0.6 is 0 Å². The topological polar surface area (TPSA) is 40.7 Å². The number of aromatic amines is 1. The van der Waals surface area contributed by atoms with Crippen LogP contribution in [0.3, 0.4) is 0 Å². The summed E-state index contributed by atoms with van der Waals surface area (Å²) in [6.45, 7) is 6.72. The van der Waals surface area contributed by atoms with Crippen LogP contribution in [0.1, 0.15) is 32.2 Å². The fourth-order valence-electron chi connectivity index (χ4n) is 1.79. The summed E-state index contributed by atoms with van der Waals surface area (Å²) in [5, 5.41) is 3.29. The zero-order valence-electron chi connectivity index (χ0n) is 12.2. The van der Waals surface area contributed by atoms with Crippen LogP contribution in [0.5, 0.6) is 0 Å². The average molecular weight is 297 g/mol. The van der Waals surface area contributed by atoms with Crippen molar-refractivity contribution >= 4 is 0 Å². The minimum absolute atomic E-state index is 0.0265. The van der Waals surface area contributed by atoms with E-state index < -0.39 is 11.7 Å². The number of imidazole rings is 1. The molecule has 0 aliphatic heterocycles. The van der Waals surface area contributed by atoms with E-state index >= 15 is 0 Å². The predicted octanol–water partition coefficient (Wildman–Crippen LogP) is 3.98. The van der Waals surface area contributed by atoms with E-state index in [9.17, 15) is 13.2 Å². The molecule has 0 unspecified atom stereocenters. The molecule has 2 N–H and O–H groups in total. The van der Waals surface area contributed by atoms with Crippen molar-refractivity contribution in [2.45, 2.75) is 39.0 Å². The molecule has 6 heteroatoms. The first-order chi connectivity index (χ1) is 9.65. The normalized spacial score (nSPS) is 12.7. The standard InChI is InChI=1S/C15H18F3N3/c1-14(2,3)20-9-13-19-8-12(21-13)10-4-6-11(7-5-10)15(16,17)18/h4-8,20H,9H2,1-3H3,(H,19,21). The van der Waals surface area contributed by atoms with Crippen molar-refractivity contribution in [3.05, 3.63) is 41.9 Å². The van der Waals surface area contributed by atoms with Gasteiger partial charge in [-0.1, -0.05) is 12.1 Å². The van der Waals surface area contributed by atoms with Crippen LogP contribution in [0, 0.1) is 0 Å². The molecule has 114 valence electrons. The lowest BCUT2D eigenvalue weighted by Gasteiger charge is -2.19. The molecule has 1 aromatic carbocycles. The molecule has 0 amide bonds. The van der Waals surface area contributed by atoms with Gasteiger partial charge in [-0.3, -0.25) is 0 Å². The number of hydrogen-bond donors (Lipinski definition) is 2. The summed E-state index contributed by atoms with van der Waals surface area (Å²) in [7, 11) is 0. The van der Waals surface area contributed by atoms with Gasteiger partial charge in [-0.05, 0) is 38.5 Å². The molecule has 0 spiro atoms. The third kappa shape index (κ3) is 4.32. The molecule has 1 heterocycles. The van der Waals surface area contributed by atoms with Crippen molar-refractivity contribution in [1.29, 1.82) is 0 Å². The predicted molar refractivity (Wildman–Crippen MR) is 75.6 cm³/mol. The molecule has 0 saturated carbocycles. The lowest BCUT2D eigenvalue weighted by Crippen LogP contribution is -2.35. The number of hydrogen-bond acceptors (Lipinski definition) is 2. The maximum Gasteiger partial charge on any atom is 0.416 e. The van der Waals surface area contributed by atoms with Crippen LogP contribution in [0.2, 0.25) is 0 Å². The van der Waals surface area contributed by atoms with Gasteiger partial charge in [0, 0.05) is 5.54 Å². The summed E-state index contributed by atoms with van der Waals surface area (Å²) in [6.07, 6.45) is -2.68. The summed E-state index contributed by atoms with van der Waals surface area (Å²) in [5.74, 6) is 0.750. The summed E-state index contributed by atoms with van der Waals surface area (Å²) in [6, 6.07) is 5.03. The molecule has 0 aliphatic carbocycles. The number of H-pyrrole nitrogens is 1. The zero-order valence-corrected chi connectivity index (χ0v) is 12.2. The molecule has 2 aromatic rings. The Hall–Kier alpha value is -1.82. The van der Waals surface area contributed by atoms with E-state index in [0.29, 0.717) is 17.8 Å². The zero-order chi connectivity index (χ0) is 15.7. The number of halogens is 3. The van der Waals surface area contributed by atoms with Crippen molar-refractivity contribution in [3.63, 3.8) is 0 Å². The molecule has 0 atom stereocenters. The van der Waals surface area contributed by atoms with E-state index in [4.69, 9.17) is 0 Å². The summed E-state index contributed by atoms with van der Waals surface area (Å²) < 4.78 is 37.5. The van der Waals surface area contributed by atoms with Crippen molar-refractivity contribution in [1.82, 2.24) is 15.3 Å². The number of nitrogens with zero attached hydrogens (tertiary/aromatic N) is 1. The second kappa shape index (κ2) is 5.52. The monoisotopic (exact) mass is 297 g/mol. The summed E-state index contributed by atoms with van der Waals surface area (Å²) >= 11 is 0. The fraction of sp³-hybridized carbons (Fsp3) is 0.400. The molecule has 0 saturated heterocycles. The highest BCUT2D eigenvalue weighted by Crippen LogP contribution is 2.30. The number of benzene rings is 1. The molecular weight excluding hydrogens is 279 g/mol. The molecule has 2 rings (SSSR count). The fourth-order valence-corrected chi connectivity index (χ4v) is 1.79. The van der Waals surface area contributed by atoms with Crippen molar-refractivity contribution in [3.8, 4) is 11.3 Å². The summed E-state index contributed by atoms with van der Waals surface area (Å²) in [5.41, 5.74) is 0.703. The van der Waals surface area contributed by atoms with Gasteiger partial charge in [-0.2, -0.15) is 13.2 Å². The Morgan fingerprint density at radius 1 is 1.10 bits per heavy atom. The largest absolute Gasteiger partial charge is 0.416 e. The number of alkyl halides is 3. The second-order valence-electron chi connectivity index (χ2n) is 5.92. The molecule has 21 heavy (non-hydrogen) atoms. The van der Waals surface area contributed by atoms with E-state index in [1.165, 1.54) is 12.1 Å². The van der Waals surface area contributed by atoms with E-state index in [1.807, 2.05) is 20.8 Å². The van der Waals surface area contributed by atoms with Gasteiger partial charge in [0.1, 0.15) is 5.82 Å². The maximum absolute atomic E-state index is 12.5. The Kier molecular flexibility index (Phi) is 4.09. The minimum atomic E-state index is -4.31. The van der Waals surface area contributed by atoms with Crippen LogP contribution < -0.4 is 5.32 Å². The first-order valence-electron chi connectivity index (χ1n) is 6.62. The Bertz CT molecular complexity index is 592. The SMILES string of the molecule is CC(C)(C)NCc1ncc(-c2ccc(C(F)(F)F)cc2)[nH]1. The molecule has 0 fully saturated rings. The average Bonchev–Trinajstić information content (AvgIpc) is 2.83.